The summed E-state index contributed by atoms with van der Waals surface area (Å²) in [4.78, 5) is 4.53. The molecule has 0 bridgehead atoms. The molecule has 2 aromatic rings. The van der Waals surface area contributed by atoms with E-state index in [4.69, 9.17) is 9.47 Å². The average Bonchev–Trinajstić information content (AvgIpc) is 2.82. The molecule has 1 aliphatic rings. The van der Waals surface area contributed by atoms with Crippen molar-refractivity contribution in [3.8, 4) is 11.5 Å². The second-order valence-corrected chi connectivity index (χ2v) is 9.55. The number of benzene rings is 2. The summed E-state index contributed by atoms with van der Waals surface area (Å²) >= 11 is 0. The molecule has 0 radical (unpaired) electrons. The van der Waals surface area contributed by atoms with Crippen LogP contribution in [0.5, 0.6) is 11.5 Å². The summed E-state index contributed by atoms with van der Waals surface area (Å²) < 4.78 is 11.7. The van der Waals surface area contributed by atoms with Crippen molar-refractivity contribution in [3.05, 3.63) is 58.7 Å². The molecular formula is C28H42N2O4. The van der Waals surface area contributed by atoms with E-state index in [2.05, 4.69) is 61.8 Å². The molecule has 6 heteroatoms. The number of aryl methyl sites for hydroxylation is 4. The van der Waals surface area contributed by atoms with Crippen LogP contribution in [0.1, 0.15) is 36.1 Å². The summed E-state index contributed by atoms with van der Waals surface area (Å²) in [7, 11) is 0. The lowest BCUT2D eigenvalue weighted by Crippen LogP contribution is -2.51. The predicted molar refractivity (Wildman–Crippen MR) is 137 cm³/mol. The lowest BCUT2D eigenvalue weighted by atomic mass is 10.1. The highest BCUT2D eigenvalue weighted by Gasteiger charge is 2.21. The Morgan fingerprint density at radius 1 is 0.676 bits per heavy atom. The van der Waals surface area contributed by atoms with Crippen molar-refractivity contribution in [3.63, 3.8) is 0 Å². The van der Waals surface area contributed by atoms with Gasteiger partial charge in [0.05, 0.1) is 0 Å². The Morgan fingerprint density at radius 2 is 1.06 bits per heavy atom. The molecule has 2 N–H and O–H groups in total. The molecule has 0 aromatic heterocycles. The van der Waals surface area contributed by atoms with Crippen LogP contribution < -0.4 is 9.47 Å². The second kappa shape index (κ2) is 13.1. The Morgan fingerprint density at radius 3 is 1.41 bits per heavy atom. The zero-order chi connectivity index (χ0) is 24.5. The Labute approximate surface area is 205 Å². The van der Waals surface area contributed by atoms with Crippen molar-refractivity contribution in [2.24, 2.45) is 0 Å². The van der Waals surface area contributed by atoms with Gasteiger partial charge in [0, 0.05) is 39.3 Å². The van der Waals surface area contributed by atoms with Gasteiger partial charge in [-0.25, -0.2) is 0 Å². The Kier molecular flexibility index (Phi) is 10.2. The van der Waals surface area contributed by atoms with Crippen LogP contribution in [-0.4, -0.2) is 84.7 Å². The van der Waals surface area contributed by atoms with Gasteiger partial charge in [0.25, 0.3) is 0 Å². The molecule has 1 fully saturated rings. The molecule has 1 heterocycles. The molecule has 2 atom stereocenters. The van der Waals surface area contributed by atoms with Crippen LogP contribution in [-0.2, 0) is 12.8 Å². The van der Waals surface area contributed by atoms with E-state index in [1.807, 2.05) is 12.1 Å². The maximum absolute atomic E-state index is 10.5. The molecule has 1 saturated heterocycles. The molecule has 3 rings (SSSR count). The third-order valence-electron chi connectivity index (χ3n) is 6.33. The third-order valence-corrected chi connectivity index (χ3v) is 6.33. The van der Waals surface area contributed by atoms with E-state index < -0.39 is 12.2 Å². The van der Waals surface area contributed by atoms with E-state index in [0.717, 1.165) is 50.5 Å². The number of nitrogens with zero attached hydrogens (tertiary/aromatic N) is 2. The van der Waals surface area contributed by atoms with Crippen LogP contribution in [0.3, 0.4) is 0 Å². The molecule has 1 aliphatic heterocycles. The van der Waals surface area contributed by atoms with Crippen LogP contribution in [0.2, 0.25) is 0 Å². The third kappa shape index (κ3) is 8.58. The summed E-state index contributed by atoms with van der Waals surface area (Å²) in [6.07, 6.45) is 0.881. The molecule has 6 nitrogen and oxygen atoms in total. The normalized spacial score (nSPS) is 16.9. The lowest BCUT2D eigenvalue weighted by molar-refractivity contribution is 0.0240. The van der Waals surface area contributed by atoms with E-state index in [9.17, 15) is 10.2 Å². The summed E-state index contributed by atoms with van der Waals surface area (Å²) in [6.45, 7) is 13.6. The Balaban J connectivity index is 1.34. The average molecular weight is 471 g/mol. The molecule has 0 saturated carbocycles. The Bertz CT molecular complexity index is 822. The summed E-state index contributed by atoms with van der Waals surface area (Å²) in [5, 5.41) is 20.9. The highest BCUT2D eigenvalue weighted by molar-refractivity contribution is 5.34. The van der Waals surface area contributed by atoms with E-state index in [0.29, 0.717) is 26.3 Å². The topological polar surface area (TPSA) is 65.4 Å². The molecule has 0 amide bonds. The summed E-state index contributed by atoms with van der Waals surface area (Å²) in [5.74, 6) is 1.65. The van der Waals surface area contributed by atoms with Crippen LogP contribution in [0.15, 0.2) is 36.4 Å². The lowest BCUT2D eigenvalue weighted by Gasteiger charge is -2.36. The van der Waals surface area contributed by atoms with E-state index in [1.54, 1.807) is 0 Å². The first-order chi connectivity index (χ1) is 16.3. The molecule has 0 aliphatic carbocycles. The minimum absolute atomic E-state index is 0.293. The fourth-order valence-electron chi connectivity index (χ4n) is 4.46. The molecule has 188 valence electrons. The maximum Gasteiger partial charge on any atom is 0.119 e. The Hall–Kier alpha value is -2.12. The minimum atomic E-state index is -0.529. The van der Waals surface area contributed by atoms with Gasteiger partial charge in [-0.1, -0.05) is 26.0 Å². The fraction of sp³-hybridized carbons (Fsp3) is 0.571. The monoisotopic (exact) mass is 470 g/mol. The minimum Gasteiger partial charge on any atom is -0.491 e. The van der Waals surface area contributed by atoms with Gasteiger partial charge in [0.2, 0.25) is 0 Å². The number of β-amino-alcohol motifs (C(OH)–C–C–N with tert-alkyl or cyclic N) is 2. The van der Waals surface area contributed by atoms with Gasteiger partial charge >= 0.3 is 0 Å². The van der Waals surface area contributed by atoms with Crippen LogP contribution >= 0.6 is 0 Å². The summed E-state index contributed by atoms with van der Waals surface area (Å²) in [5.41, 5.74) is 4.85. The zero-order valence-corrected chi connectivity index (χ0v) is 21.3. The van der Waals surface area contributed by atoms with Crippen molar-refractivity contribution in [2.45, 2.75) is 52.7 Å². The number of hydrogen-bond acceptors (Lipinski definition) is 6. The predicted octanol–water partition coefficient (Wildman–Crippen LogP) is 3.23. The molecule has 2 unspecified atom stereocenters. The van der Waals surface area contributed by atoms with Crippen molar-refractivity contribution in [1.82, 2.24) is 9.80 Å². The largest absolute Gasteiger partial charge is 0.491 e. The second-order valence-electron chi connectivity index (χ2n) is 9.55. The van der Waals surface area contributed by atoms with E-state index >= 15 is 0 Å². The highest BCUT2D eigenvalue weighted by atomic mass is 16.5. The van der Waals surface area contributed by atoms with Gasteiger partial charge in [-0.2, -0.15) is 0 Å². The van der Waals surface area contributed by atoms with Crippen LogP contribution in [0.25, 0.3) is 0 Å². The first-order valence-electron chi connectivity index (χ1n) is 12.6. The van der Waals surface area contributed by atoms with Crippen molar-refractivity contribution >= 4 is 0 Å². The van der Waals surface area contributed by atoms with Gasteiger partial charge in [0.1, 0.15) is 36.9 Å². The molecular weight excluding hydrogens is 428 g/mol. The van der Waals surface area contributed by atoms with Crippen molar-refractivity contribution < 1.29 is 19.7 Å². The van der Waals surface area contributed by atoms with E-state index in [1.165, 1.54) is 22.3 Å². The standard InChI is InChI=1S/C28H42N2O4/c1-5-23-11-21(3)13-27(15-23)33-19-25(31)17-29-7-9-30(10-8-29)18-26(32)20-34-28-14-22(4)12-24(6-2)16-28/h11-16,25-26,31-32H,5-10,17-20H2,1-4H3. The summed E-state index contributed by atoms with van der Waals surface area (Å²) in [6, 6.07) is 12.5. The zero-order valence-electron chi connectivity index (χ0n) is 21.3. The number of rotatable bonds is 12. The first kappa shape index (κ1) is 26.5. The number of aliphatic hydroxyl groups is 2. The molecule has 0 spiro atoms. The van der Waals surface area contributed by atoms with Gasteiger partial charge in [-0.3, -0.25) is 9.80 Å². The highest BCUT2D eigenvalue weighted by Crippen LogP contribution is 2.19. The number of ether oxygens (including phenoxy) is 2. The van der Waals surface area contributed by atoms with Crippen molar-refractivity contribution in [1.29, 1.82) is 0 Å². The van der Waals surface area contributed by atoms with Crippen LogP contribution in [0.4, 0.5) is 0 Å². The quantitative estimate of drug-likeness (QED) is 0.497. The van der Waals surface area contributed by atoms with Gasteiger partial charge < -0.3 is 19.7 Å². The van der Waals surface area contributed by atoms with Gasteiger partial charge in [-0.05, 0) is 73.2 Å². The van der Waals surface area contributed by atoms with E-state index in [-0.39, 0.29) is 0 Å². The maximum atomic E-state index is 10.5. The number of aliphatic hydroxyl groups excluding tert-OH is 2. The van der Waals surface area contributed by atoms with Gasteiger partial charge in [-0.15, -0.1) is 0 Å². The van der Waals surface area contributed by atoms with Crippen molar-refractivity contribution in [2.75, 3.05) is 52.5 Å². The number of hydrogen-bond donors (Lipinski definition) is 2. The number of piperazine rings is 1. The SMILES string of the molecule is CCc1cc(C)cc(OCC(O)CN2CCN(CC(O)COc3cc(C)cc(CC)c3)CC2)c1. The van der Waals surface area contributed by atoms with Crippen LogP contribution in [0, 0.1) is 13.8 Å². The molecule has 2 aromatic carbocycles. The first-order valence-corrected chi connectivity index (χ1v) is 12.6. The molecule has 34 heavy (non-hydrogen) atoms. The smallest absolute Gasteiger partial charge is 0.119 e. The fourth-order valence-corrected chi connectivity index (χ4v) is 4.46. The van der Waals surface area contributed by atoms with Gasteiger partial charge in [0.15, 0.2) is 0 Å².